The molecule has 0 aliphatic heterocycles. The molecule has 88 heavy (non-hydrogen) atoms. The highest BCUT2D eigenvalue weighted by atomic mass is 32.1. The van der Waals surface area contributed by atoms with E-state index in [1.54, 1.807) is 0 Å². The molecule has 18 rings (SSSR count). The lowest BCUT2D eigenvalue weighted by atomic mass is 9.74. The first-order valence-corrected chi connectivity index (χ1v) is 31.5. The van der Waals surface area contributed by atoms with Crippen molar-refractivity contribution in [3.05, 3.63) is 370 Å². The van der Waals surface area contributed by atoms with Crippen molar-refractivity contribution in [2.45, 2.75) is 19.8 Å². The normalized spacial score (nSPS) is 16.3. The summed E-state index contributed by atoms with van der Waals surface area (Å²) in [4.78, 5) is 0. The van der Waals surface area contributed by atoms with Crippen LogP contribution in [0, 0.1) is 0 Å². The molecule has 1 atom stereocenters. The molecule has 4 heteroatoms. The second kappa shape index (κ2) is 19.1. The molecule has 0 fully saturated rings. The van der Waals surface area contributed by atoms with Crippen LogP contribution in [0.25, 0.3) is 99.4 Å². The SMILES string of the molecule is OC1(c2c3ccccc3c(C3(S)c4ccccc4-c4ccc(-c5cc(-c6ccc(C7(S)c8ccccc8-c8ccccc87)cc6)cc(-c6ccc(C7(S)c8ccccc8-c8ccccc87)cc6)c5)cc43)c3ccccc23)c2ccccc2-c2ccccc21. The van der Waals surface area contributed by atoms with Gasteiger partial charge < -0.3 is 5.11 Å². The molecular formula is C84H54OS3. The molecule has 0 saturated carbocycles. The second-order valence-corrected chi connectivity index (χ2v) is 26.2. The number of hydrogen-bond acceptors (Lipinski definition) is 4. The molecule has 0 radical (unpaired) electrons. The molecule has 0 aromatic heterocycles. The third kappa shape index (κ3) is 6.97. The lowest BCUT2D eigenvalue weighted by Crippen LogP contribution is -2.28. The monoisotopic (exact) mass is 1170 g/mol. The van der Waals surface area contributed by atoms with Crippen LogP contribution in [0.4, 0.5) is 0 Å². The standard InChI is InChI=1S/C84H54OS3/c85-81(71-30-12-5-19-59(71)60-20-6-13-31-72(60)81)79-67-26-1-3-28-69(67)80(70-29-4-2-27-68(70)79)84(88)77-36-18-11-25-65(77)66-46-41-53(50-78(66)84)56-48-54(51-37-42-57(43-38-51)82(86)73-32-14-7-21-61(73)62-22-8-15-33-74(62)82)47-55(49-56)52-39-44-58(45-40-52)83(87)75-34-16-9-23-63(75)64-24-10-17-35-76(64)83/h1-50,85-88H. The van der Waals surface area contributed by atoms with Gasteiger partial charge in [-0.25, -0.2) is 0 Å². The minimum Gasteiger partial charge on any atom is -0.376 e. The van der Waals surface area contributed by atoms with Gasteiger partial charge in [0.25, 0.3) is 0 Å². The molecule has 1 N–H and O–H groups in total. The zero-order valence-corrected chi connectivity index (χ0v) is 50.3. The van der Waals surface area contributed by atoms with E-state index < -0.39 is 19.8 Å². The molecule has 14 aromatic rings. The summed E-state index contributed by atoms with van der Waals surface area (Å²) in [6, 6.07) is 110. The highest BCUT2D eigenvalue weighted by molar-refractivity contribution is 7.82. The minimum absolute atomic E-state index is 0.615. The quantitative estimate of drug-likeness (QED) is 0.0926. The highest BCUT2D eigenvalue weighted by Crippen LogP contribution is 2.62. The van der Waals surface area contributed by atoms with E-state index in [0.29, 0.717) is 0 Å². The van der Waals surface area contributed by atoms with Crippen molar-refractivity contribution >= 4 is 59.4 Å². The number of benzene rings is 14. The number of thiol groups is 3. The van der Waals surface area contributed by atoms with E-state index >= 15 is 0 Å². The van der Waals surface area contributed by atoms with Gasteiger partial charge in [-0.3, -0.25) is 0 Å². The third-order valence-corrected chi connectivity index (χ3v) is 22.2. The Labute approximate surface area is 528 Å². The fourth-order valence-electron chi connectivity index (χ4n) is 16.1. The van der Waals surface area contributed by atoms with Crippen molar-refractivity contribution in [2.24, 2.45) is 0 Å². The summed E-state index contributed by atoms with van der Waals surface area (Å²) in [6.07, 6.45) is 0. The van der Waals surface area contributed by atoms with E-state index in [4.69, 9.17) is 37.9 Å². The Morgan fingerprint density at radius 2 is 0.466 bits per heavy atom. The van der Waals surface area contributed by atoms with Gasteiger partial charge in [0.2, 0.25) is 0 Å². The molecule has 1 nitrogen and oxygen atoms in total. The summed E-state index contributed by atoms with van der Waals surface area (Å²) in [5, 5.41) is 17.9. The first kappa shape index (κ1) is 51.8. The maximum atomic E-state index is 13.8. The van der Waals surface area contributed by atoms with Gasteiger partial charge in [0, 0.05) is 16.7 Å². The molecule has 0 spiro atoms. The molecule has 1 unspecified atom stereocenters. The summed E-state index contributed by atoms with van der Waals surface area (Å²) >= 11 is 17.4. The molecule has 0 bridgehead atoms. The lowest BCUT2D eigenvalue weighted by Gasteiger charge is -2.34. The van der Waals surface area contributed by atoms with Gasteiger partial charge in [-0.2, -0.15) is 37.9 Å². The summed E-state index contributed by atoms with van der Waals surface area (Å²) in [5.74, 6) is 0. The Morgan fingerprint density at radius 1 is 0.205 bits per heavy atom. The van der Waals surface area contributed by atoms with Crippen LogP contribution in [0.3, 0.4) is 0 Å². The molecule has 0 heterocycles. The van der Waals surface area contributed by atoms with E-state index in [-0.39, 0.29) is 0 Å². The van der Waals surface area contributed by atoms with Gasteiger partial charge in [0.15, 0.2) is 0 Å². The average molecular weight is 1180 g/mol. The van der Waals surface area contributed by atoms with Crippen LogP contribution < -0.4 is 0 Å². The van der Waals surface area contributed by atoms with Crippen LogP contribution >= 0.6 is 37.9 Å². The smallest absolute Gasteiger partial charge is 0.142 e. The van der Waals surface area contributed by atoms with E-state index in [0.717, 1.165) is 122 Å². The van der Waals surface area contributed by atoms with E-state index in [1.807, 2.05) is 12.1 Å². The van der Waals surface area contributed by atoms with Crippen LogP contribution in [0.1, 0.15) is 66.8 Å². The zero-order chi connectivity index (χ0) is 58.7. The Hall–Kier alpha value is -9.39. The van der Waals surface area contributed by atoms with Gasteiger partial charge >= 0.3 is 0 Å². The molecule has 4 aliphatic carbocycles. The van der Waals surface area contributed by atoms with Crippen LogP contribution in [0.15, 0.2) is 303 Å². The lowest BCUT2D eigenvalue weighted by molar-refractivity contribution is 0.134. The van der Waals surface area contributed by atoms with Crippen molar-refractivity contribution in [3.8, 4) is 77.9 Å². The highest BCUT2D eigenvalue weighted by Gasteiger charge is 2.49. The molecule has 0 amide bonds. The zero-order valence-electron chi connectivity index (χ0n) is 47.7. The van der Waals surface area contributed by atoms with Crippen molar-refractivity contribution < 1.29 is 5.11 Å². The summed E-state index contributed by atoms with van der Waals surface area (Å²) in [5.41, 5.74) is 27.6. The second-order valence-electron chi connectivity index (χ2n) is 24.2. The number of aliphatic hydroxyl groups is 1. The molecular weight excluding hydrogens is 1120 g/mol. The van der Waals surface area contributed by atoms with Crippen molar-refractivity contribution in [2.75, 3.05) is 0 Å². The van der Waals surface area contributed by atoms with Gasteiger partial charge in [-0.05, 0) is 174 Å². The first-order chi connectivity index (χ1) is 43.2. The third-order valence-electron chi connectivity index (χ3n) is 20.0. The van der Waals surface area contributed by atoms with Crippen LogP contribution in [-0.2, 0) is 19.8 Å². The Bertz CT molecular complexity index is 4930. The van der Waals surface area contributed by atoms with Crippen molar-refractivity contribution in [3.63, 3.8) is 0 Å². The van der Waals surface area contributed by atoms with E-state index in [2.05, 4.69) is 291 Å². The van der Waals surface area contributed by atoms with Crippen molar-refractivity contribution in [1.82, 2.24) is 0 Å². The van der Waals surface area contributed by atoms with E-state index in [1.165, 1.54) is 44.5 Å². The Kier molecular flexibility index (Phi) is 11.2. The first-order valence-electron chi connectivity index (χ1n) is 30.2. The summed E-state index contributed by atoms with van der Waals surface area (Å²) in [7, 11) is 0. The maximum Gasteiger partial charge on any atom is 0.142 e. The number of hydrogen-bond donors (Lipinski definition) is 4. The van der Waals surface area contributed by atoms with E-state index in [9.17, 15) is 5.11 Å². The van der Waals surface area contributed by atoms with Crippen molar-refractivity contribution in [1.29, 1.82) is 0 Å². The predicted molar refractivity (Wildman–Crippen MR) is 374 cm³/mol. The van der Waals surface area contributed by atoms with Gasteiger partial charge in [0.1, 0.15) is 5.60 Å². The molecule has 414 valence electrons. The number of rotatable bonds is 7. The molecule has 14 aromatic carbocycles. The van der Waals surface area contributed by atoms with Crippen LogP contribution in [-0.4, -0.2) is 5.11 Å². The topological polar surface area (TPSA) is 20.2 Å². The predicted octanol–water partition coefficient (Wildman–Crippen LogP) is 20.9. The largest absolute Gasteiger partial charge is 0.376 e. The molecule has 4 aliphatic rings. The Balaban J connectivity index is 0.822. The summed E-state index contributed by atoms with van der Waals surface area (Å²) < 4.78 is -2.16. The maximum absolute atomic E-state index is 13.8. The van der Waals surface area contributed by atoms with Gasteiger partial charge in [-0.1, -0.05) is 279 Å². The average Bonchev–Trinajstić information content (AvgIpc) is 1.42. The fourth-order valence-corrected chi connectivity index (χ4v) is 17.8. The summed E-state index contributed by atoms with van der Waals surface area (Å²) in [6.45, 7) is 0. The Morgan fingerprint density at radius 3 is 0.830 bits per heavy atom. The minimum atomic E-state index is -1.43. The molecule has 0 saturated heterocycles. The van der Waals surface area contributed by atoms with Crippen LogP contribution in [0.2, 0.25) is 0 Å². The fraction of sp³-hybridized carbons (Fsp3) is 0.0476. The van der Waals surface area contributed by atoms with Crippen LogP contribution in [0.5, 0.6) is 0 Å². The number of fused-ring (bicyclic) bond motifs is 14. The van der Waals surface area contributed by atoms with Gasteiger partial charge in [-0.15, -0.1) is 0 Å². The van der Waals surface area contributed by atoms with Gasteiger partial charge in [0.05, 0.1) is 14.2 Å².